The van der Waals surface area contributed by atoms with Gasteiger partial charge in [-0.15, -0.1) is 0 Å². The number of para-hydroxylation sites is 1. The molecule has 7 heteroatoms. The van der Waals surface area contributed by atoms with Gasteiger partial charge in [-0.2, -0.15) is 0 Å². The number of nitrogens with zero attached hydrogens (tertiary/aromatic N) is 1. The van der Waals surface area contributed by atoms with Crippen LogP contribution in [0, 0.1) is 10.1 Å². The smallest absolute Gasteiger partial charge is 0.258 e. The maximum Gasteiger partial charge on any atom is 0.289 e. The quantitative estimate of drug-likeness (QED) is 0.482. The van der Waals surface area contributed by atoms with Crippen LogP contribution >= 0.6 is 0 Å². The predicted molar refractivity (Wildman–Crippen MR) is 83.0 cm³/mol. The second-order valence-corrected chi connectivity index (χ2v) is 6.45. The molecular weight excluding hydrogens is 304 g/mol. The summed E-state index contributed by atoms with van der Waals surface area (Å²) in [5.74, 6) is 0. The molecule has 0 amide bonds. The lowest BCUT2D eigenvalue weighted by molar-refractivity contribution is -0.387. The summed E-state index contributed by atoms with van der Waals surface area (Å²) in [6.07, 6.45) is 1.35. The molecule has 116 valence electrons. The molecule has 22 heavy (non-hydrogen) atoms. The first-order valence-electron chi connectivity index (χ1n) is 6.78. The number of hydrogen-bond donors (Lipinski definition) is 1. The molecule has 0 fully saturated rings. The van der Waals surface area contributed by atoms with Gasteiger partial charge in [0.15, 0.2) is 4.90 Å². The van der Waals surface area contributed by atoms with E-state index in [1.807, 2.05) is 30.3 Å². The van der Waals surface area contributed by atoms with Crippen LogP contribution < -0.4 is 4.72 Å². The highest BCUT2D eigenvalue weighted by Gasteiger charge is 2.24. The fraction of sp³-hybridized carbons (Fsp3) is 0.200. The molecule has 0 aromatic heterocycles. The zero-order chi connectivity index (χ0) is 16.0. The van der Waals surface area contributed by atoms with E-state index in [4.69, 9.17) is 0 Å². The van der Waals surface area contributed by atoms with Crippen molar-refractivity contribution in [1.29, 1.82) is 0 Å². The highest BCUT2D eigenvalue weighted by atomic mass is 32.2. The molecule has 0 saturated heterocycles. The summed E-state index contributed by atoms with van der Waals surface area (Å²) in [4.78, 5) is 9.90. The van der Waals surface area contributed by atoms with Gasteiger partial charge in [-0.1, -0.05) is 42.5 Å². The maximum atomic E-state index is 12.2. The number of rotatable bonds is 7. The first-order chi connectivity index (χ1) is 10.5. The van der Waals surface area contributed by atoms with Crippen molar-refractivity contribution in [2.45, 2.75) is 17.7 Å². The van der Waals surface area contributed by atoms with Crippen molar-refractivity contribution in [1.82, 2.24) is 4.72 Å². The molecule has 0 bridgehead atoms. The number of nitrogens with one attached hydrogen (secondary N) is 1. The molecule has 0 heterocycles. The number of nitro groups is 1. The number of benzene rings is 2. The molecule has 2 aromatic carbocycles. The molecule has 0 spiro atoms. The van der Waals surface area contributed by atoms with Crippen molar-refractivity contribution in [3.63, 3.8) is 0 Å². The Morgan fingerprint density at radius 1 is 1.00 bits per heavy atom. The summed E-state index contributed by atoms with van der Waals surface area (Å²) in [5.41, 5.74) is 0.699. The topological polar surface area (TPSA) is 89.3 Å². The van der Waals surface area contributed by atoms with E-state index < -0.39 is 20.6 Å². The molecule has 6 nitrogen and oxygen atoms in total. The van der Waals surface area contributed by atoms with Gasteiger partial charge in [0.1, 0.15) is 0 Å². The lowest BCUT2D eigenvalue weighted by Gasteiger charge is -2.07. The zero-order valence-electron chi connectivity index (χ0n) is 11.8. The van der Waals surface area contributed by atoms with Gasteiger partial charge >= 0.3 is 0 Å². The van der Waals surface area contributed by atoms with E-state index in [9.17, 15) is 18.5 Å². The van der Waals surface area contributed by atoms with Crippen LogP contribution in [0.2, 0.25) is 0 Å². The Labute approximate surface area is 129 Å². The summed E-state index contributed by atoms with van der Waals surface area (Å²) < 4.78 is 26.7. The third-order valence-electron chi connectivity index (χ3n) is 3.13. The molecule has 0 aliphatic rings. The van der Waals surface area contributed by atoms with Crippen LogP contribution in [0.15, 0.2) is 59.5 Å². The first kappa shape index (κ1) is 16.1. The highest BCUT2D eigenvalue weighted by molar-refractivity contribution is 7.89. The molecule has 0 radical (unpaired) electrons. The highest BCUT2D eigenvalue weighted by Crippen LogP contribution is 2.22. The van der Waals surface area contributed by atoms with Gasteiger partial charge in [-0.25, -0.2) is 13.1 Å². The summed E-state index contributed by atoms with van der Waals surface area (Å²) in [6.45, 7) is 0.225. The molecular formula is C15H16N2O4S. The second-order valence-electron chi connectivity index (χ2n) is 4.71. The zero-order valence-corrected chi connectivity index (χ0v) is 12.6. The lowest BCUT2D eigenvalue weighted by atomic mass is 10.1. The van der Waals surface area contributed by atoms with E-state index >= 15 is 0 Å². The van der Waals surface area contributed by atoms with Crippen molar-refractivity contribution in [2.75, 3.05) is 6.54 Å². The summed E-state index contributed by atoms with van der Waals surface area (Å²) in [7, 11) is -3.88. The summed E-state index contributed by atoms with van der Waals surface area (Å²) in [6, 6.07) is 15.0. The standard InChI is InChI=1S/C15H16N2O4S/c18-17(19)14-10-4-5-11-15(14)22(20,21)16-12-6-9-13-7-2-1-3-8-13/h1-5,7-8,10-11,16H,6,9,12H2. The van der Waals surface area contributed by atoms with Crippen molar-refractivity contribution in [2.24, 2.45) is 0 Å². The minimum Gasteiger partial charge on any atom is -0.258 e. The Bertz CT molecular complexity index is 745. The Hall–Kier alpha value is -2.25. The average molecular weight is 320 g/mol. The van der Waals surface area contributed by atoms with E-state index in [1.165, 1.54) is 24.3 Å². The fourth-order valence-electron chi connectivity index (χ4n) is 2.06. The van der Waals surface area contributed by atoms with E-state index in [1.54, 1.807) is 0 Å². The maximum absolute atomic E-state index is 12.2. The molecule has 0 saturated carbocycles. The Morgan fingerprint density at radius 2 is 1.64 bits per heavy atom. The van der Waals surface area contributed by atoms with Crippen LogP contribution in [0.3, 0.4) is 0 Å². The lowest BCUT2D eigenvalue weighted by Crippen LogP contribution is -2.25. The van der Waals surface area contributed by atoms with Gasteiger partial charge in [0, 0.05) is 12.6 Å². The minimum absolute atomic E-state index is 0.225. The largest absolute Gasteiger partial charge is 0.289 e. The molecule has 2 rings (SSSR count). The van der Waals surface area contributed by atoms with Gasteiger partial charge in [0.2, 0.25) is 10.0 Å². The molecule has 0 aliphatic heterocycles. The number of hydrogen-bond acceptors (Lipinski definition) is 4. The van der Waals surface area contributed by atoms with Gasteiger partial charge in [-0.3, -0.25) is 10.1 Å². The van der Waals surface area contributed by atoms with Crippen molar-refractivity contribution >= 4 is 15.7 Å². The van der Waals surface area contributed by atoms with E-state index in [0.717, 1.165) is 12.0 Å². The SMILES string of the molecule is O=[N+]([O-])c1ccccc1S(=O)(=O)NCCCc1ccccc1. The van der Waals surface area contributed by atoms with Gasteiger partial charge < -0.3 is 0 Å². The van der Waals surface area contributed by atoms with E-state index in [-0.39, 0.29) is 11.4 Å². The Kier molecular flexibility index (Phi) is 5.24. The van der Waals surface area contributed by atoms with E-state index in [2.05, 4.69) is 4.72 Å². The van der Waals surface area contributed by atoms with Crippen molar-refractivity contribution < 1.29 is 13.3 Å². The normalized spacial score (nSPS) is 11.3. The third kappa shape index (κ3) is 4.12. The summed E-state index contributed by atoms with van der Waals surface area (Å²) >= 11 is 0. The third-order valence-corrected chi connectivity index (χ3v) is 4.64. The Morgan fingerprint density at radius 3 is 2.32 bits per heavy atom. The van der Waals surface area contributed by atoms with Crippen molar-refractivity contribution in [3.05, 3.63) is 70.3 Å². The second kappa shape index (κ2) is 7.15. The number of aryl methyl sites for hydroxylation is 1. The van der Waals surface area contributed by atoms with Crippen LogP contribution in [0.1, 0.15) is 12.0 Å². The Balaban J connectivity index is 1.99. The predicted octanol–water partition coefficient (Wildman–Crippen LogP) is 2.51. The van der Waals surface area contributed by atoms with Crippen molar-refractivity contribution in [3.8, 4) is 0 Å². The number of nitro benzene ring substituents is 1. The van der Waals surface area contributed by atoms with Crippen LogP contribution in [0.25, 0.3) is 0 Å². The molecule has 0 atom stereocenters. The van der Waals surface area contributed by atoms with Gasteiger partial charge in [0.05, 0.1) is 4.92 Å². The van der Waals surface area contributed by atoms with Crippen LogP contribution in [-0.2, 0) is 16.4 Å². The minimum atomic E-state index is -3.88. The number of sulfonamides is 1. The fourth-order valence-corrected chi connectivity index (χ4v) is 3.30. The first-order valence-corrected chi connectivity index (χ1v) is 8.26. The monoisotopic (exact) mass is 320 g/mol. The molecule has 2 aromatic rings. The van der Waals surface area contributed by atoms with E-state index in [0.29, 0.717) is 6.42 Å². The summed E-state index contributed by atoms with van der Waals surface area (Å²) in [5, 5.41) is 10.9. The van der Waals surface area contributed by atoms with Crippen LogP contribution in [-0.4, -0.2) is 19.9 Å². The molecule has 1 N–H and O–H groups in total. The average Bonchev–Trinajstić information content (AvgIpc) is 2.52. The van der Waals surface area contributed by atoms with Gasteiger partial charge in [0.25, 0.3) is 5.69 Å². The van der Waals surface area contributed by atoms with Gasteiger partial charge in [-0.05, 0) is 24.5 Å². The molecule has 0 unspecified atom stereocenters. The van der Waals surface area contributed by atoms with Crippen LogP contribution in [0.4, 0.5) is 5.69 Å². The van der Waals surface area contributed by atoms with Crippen LogP contribution in [0.5, 0.6) is 0 Å². The molecule has 0 aliphatic carbocycles.